The highest BCUT2D eigenvalue weighted by molar-refractivity contribution is 5.76. The first-order valence-corrected chi connectivity index (χ1v) is 17.1. The van der Waals surface area contributed by atoms with Gasteiger partial charge in [0.15, 0.2) is 0 Å². The van der Waals surface area contributed by atoms with Crippen LogP contribution in [0.4, 0.5) is 0 Å². The Labute approximate surface area is 294 Å². The van der Waals surface area contributed by atoms with Crippen molar-refractivity contribution >= 4 is 0 Å². The van der Waals surface area contributed by atoms with Gasteiger partial charge in [-0.3, -0.25) is 29.7 Å². The minimum absolute atomic E-state index is 0.729. The lowest BCUT2D eigenvalue weighted by Crippen LogP contribution is -2.24. The van der Waals surface area contributed by atoms with Gasteiger partial charge in [-0.25, -0.2) is 0 Å². The molecule has 0 fully saturated rings. The number of pyridine rings is 4. The van der Waals surface area contributed by atoms with E-state index in [1.165, 1.54) is 33.4 Å². The van der Waals surface area contributed by atoms with Crippen LogP contribution in [-0.4, -0.2) is 29.7 Å². The molecule has 0 saturated carbocycles. The van der Waals surface area contributed by atoms with Crippen LogP contribution in [0.25, 0.3) is 22.3 Å². The molecule has 0 aliphatic carbocycles. The highest BCUT2D eigenvalue weighted by atomic mass is 15.1. The minimum atomic E-state index is 0.729. The third-order valence-electron chi connectivity index (χ3n) is 8.75. The van der Waals surface area contributed by atoms with E-state index in [0.29, 0.717) is 0 Å². The summed E-state index contributed by atoms with van der Waals surface area (Å²) in [5, 5.41) is 0. The molecule has 0 saturated heterocycles. The number of aromatic nitrogens is 4. The summed E-state index contributed by atoms with van der Waals surface area (Å²) in [7, 11) is 0. The van der Waals surface area contributed by atoms with Crippen molar-refractivity contribution in [1.29, 1.82) is 0 Å². The van der Waals surface area contributed by atoms with Crippen molar-refractivity contribution in [2.45, 2.75) is 39.3 Å². The maximum absolute atomic E-state index is 4.63. The quantitative estimate of drug-likeness (QED) is 0.117. The van der Waals surface area contributed by atoms with Gasteiger partial charge in [-0.1, -0.05) is 91.0 Å². The molecule has 7 aromatic rings. The van der Waals surface area contributed by atoms with E-state index in [1.54, 1.807) is 0 Å². The second-order valence-electron chi connectivity index (χ2n) is 12.5. The van der Waals surface area contributed by atoms with Crippen molar-refractivity contribution in [2.75, 3.05) is 0 Å². The number of rotatable bonds is 14. The summed E-state index contributed by atoms with van der Waals surface area (Å²) in [6.45, 7) is 4.44. The molecule has 4 aromatic heterocycles. The Balaban J connectivity index is 1.17. The highest BCUT2D eigenvalue weighted by Crippen LogP contribution is 2.32. The van der Waals surface area contributed by atoms with E-state index in [1.807, 2.05) is 49.1 Å². The zero-order chi connectivity index (χ0) is 33.8. The van der Waals surface area contributed by atoms with E-state index in [2.05, 4.69) is 151 Å². The van der Waals surface area contributed by atoms with E-state index >= 15 is 0 Å². The monoisotopic (exact) mass is 652 g/mol. The van der Waals surface area contributed by atoms with Crippen LogP contribution in [0.3, 0.4) is 0 Å². The average Bonchev–Trinajstić information content (AvgIpc) is 3.17. The van der Waals surface area contributed by atoms with Gasteiger partial charge in [0.25, 0.3) is 0 Å². The SMILES string of the molecule is c1ccc(CN(Cc2ccccn2)Cc2ccccc2-c2cccc(-c3ccccc3CN(Cc3ccccn3)Cc3ccccn3)c2)nc1. The summed E-state index contributed by atoms with van der Waals surface area (Å²) in [6.07, 6.45) is 7.45. The van der Waals surface area contributed by atoms with Crippen LogP contribution < -0.4 is 0 Å². The van der Waals surface area contributed by atoms with E-state index < -0.39 is 0 Å². The van der Waals surface area contributed by atoms with Crippen LogP contribution >= 0.6 is 0 Å². The molecule has 0 unspecified atom stereocenters. The fourth-order valence-corrected chi connectivity index (χ4v) is 6.43. The zero-order valence-corrected chi connectivity index (χ0v) is 28.1. The van der Waals surface area contributed by atoms with Crippen molar-refractivity contribution in [3.8, 4) is 22.3 Å². The van der Waals surface area contributed by atoms with Gasteiger partial charge in [0.1, 0.15) is 0 Å². The molecule has 6 nitrogen and oxygen atoms in total. The summed E-state index contributed by atoms with van der Waals surface area (Å²) in [5.74, 6) is 0. The van der Waals surface area contributed by atoms with Gasteiger partial charge in [0, 0.05) is 64.1 Å². The molecule has 0 spiro atoms. The maximum atomic E-state index is 4.63. The van der Waals surface area contributed by atoms with Gasteiger partial charge in [-0.2, -0.15) is 0 Å². The third-order valence-corrected chi connectivity index (χ3v) is 8.75. The normalized spacial score (nSPS) is 11.2. The summed E-state index contributed by atoms with van der Waals surface area (Å²) in [4.78, 5) is 23.4. The van der Waals surface area contributed by atoms with Gasteiger partial charge in [-0.05, 0) is 88.0 Å². The molecule has 0 aliphatic rings. The van der Waals surface area contributed by atoms with Crippen molar-refractivity contribution in [1.82, 2.24) is 29.7 Å². The van der Waals surface area contributed by atoms with Crippen LogP contribution in [0.1, 0.15) is 33.9 Å². The molecule has 0 bridgehead atoms. The van der Waals surface area contributed by atoms with E-state index in [-0.39, 0.29) is 0 Å². The number of hydrogen-bond donors (Lipinski definition) is 0. The summed E-state index contributed by atoms with van der Waals surface area (Å²) < 4.78 is 0. The fraction of sp³-hybridized carbons (Fsp3) is 0.136. The van der Waals surface area contributed by atoms with Gasteiger partial charge in [0.05, 0.1) is 22.8 Å². The van der Waals surface area contributed by atoms with Crippen LogP contribution in [-0.2, 0) is 39.3 Å². The zero-order valence-electron chi connectivity index (χ0n) is 28.1. The second kappa shape index (κ2) is 16.5. The Morgan fingerprint density at radius 1 is 0.320 bits per heavy atom. The van der Waals surface area contributed by atoms with Crippen LogP contribution in [0, 0.1) is 0 Å². The molecule has 0 aliphatic heterocycles. The van der Waals surface area contributed by atoms with E-state index in [0.717, 1.165) is 62.0 Å². The molecule has 0 radical (unpaired) electrons. The van der Waals surface area contributed by atoms with Gasteiger partial charge >= 0.3 is 0 Å². The Hall–Kier alpha value is -5.82. The molecule has 6 heteroatoms. The van der Waals surface area contributed by atoms with Crippen LogP contribution in [0.2, 0.25) is 0 Å². The predicted octanol–water partition coefficient (Wildman–Crippen LogP) is 9.01. The third kappa shape index (κ3) is 8.80. The predicted molar refractivity (Wildman–Crippen MR) is 200 cm³/mol. The minimum Gasteiger partial charge on any atom is -0.287 e. The maximum Gasteiger partial charge on any atom is 0.0544 e. The average molecular weight is 653 g/mol. The lowest BCUT2D eigenvalue weighted by atomic mass is 9.93. The first-order chi connectivity index (χ1) is 24.8. The van der Waals surface area contributed by atoms with Gasteiger partial charge in [-0.15, -0.1) is 0 Å². The lowest BCUT2D eigenvalue weighted by Gasteiger charge is -2.24. The van der Waals surface area contributed by atoms with Crippen molar-refractivity contribution < 1.29 is 0 Å². The topological polar surface area (TPSA) is 58.0 Å². The molecule has 7 rings (SSSR count). The molecule has 0 N–H and O–H groups in total. The fourth-order valence-electron chi connectivity index (χ4n) is 6.43. The van der Waals surface area contributed by atoms with E-state index in [9.17, 15) is 0 Å². The number of hydrogen-bond acceptors (Lipinski definition) is 6. The Morgan fingerprint density at radius 3 is 1.00 bits per heavy atom. The largest absolute Gasteiger partial charge is 0.287 e. The highest BCUT2D eigenvalue weighted by Gasteiger charge is 2.16. The number of benzene rings is 3. The van der Waals surface area contributed by atoms with Crippen molar-refractivity contribution in [3.63, 3.8) is 0 Å². The summed E-state index contributed by atoms with van der Waals surface area (Å²) >= 11 is 0. The molecule has 0 amide bonds. The summed E-state index contributed by atoms with van der Waals surface area (Å²) in [5.41, 5.74) is 11.5. The Kier molecular flexibility index (Phi) is 10.8. The molecule has 0 atom stereocenters. The number of nitrogens with zero attached hydrogens (tertiary/aromatic N) is 6. The molecule has 246 valence electrons. The molecular weight excluding hydrogens is 613 g/mol. The molecule has 3 aromatic carbocycles. The smallest absolute Gasteiger partial charge is 0.0544 e. The molecule has 50 heavy (non-hydrogen) atoms. The standard InChI is InChI=1S/C44H40N6/c1-3-22-43(37(14-1)29-49(31-39-18-5-9-24-45-39)32-40-19-6-10-25-46-40)35-16-13-17-36(28-35)44-23-4-2-15-38(44)30-50(33-41-20-7-11-26-47-41)34-42-21-8-12-27-48-42/h1-28H,29-34H2. The van der Waals surface area contributed by atoms with Crippen molar-refractivity contribution in [3.05, 3.63) is 204 Å². The summed E-state index contributed by atoms with van der Waals surface area (Å²) in [6, 6.07) is 50.9. The lowest BCUT2D eigenvalue weighted by molar-refractivity contribution is 0.242. The molecular formula is C44H40N6. The van der Waals surface area contributed by atoms with Crippen molar-refractivity contribution in [2.24, 2.45) is 0 Å². The van der Waals surface area contributed by atoms with Gasteiger partial charge < -0.3 is 0 Å². The Morgan fingerprint density at radius 2 is 0.660 bits per heavy atom. The first kappa shape index (κ1) is 32.7. The van der Waals surface area contributed by atoms with E-state index in [4.69, 9.17) is 0 Å². The second-order valence-corrected chi connectivity index (χ2v) is 12.5. The molecule has 4 heterocycles. The van der Waals surface area contributed by atoms with Crippen LogP contribution in [0.15, 0.2) is 170 Å². The van der Waals surface area contributed by atoms with Gasteiger partial charge in [0.2, 0.25) is 0 Å². The first-order valence-electron chi connectivity index (χ1n) is 17.1. The van der Waals surface area contributed by atoms with Crippen LogP contribution in [0.5, 0.6) is 0 Å². The Bertz CT molecular complexity index is 1840.